The van der Waals surface area contributed by atoms with E-state index in [-0.39, 0.29) is 18.9 Å². The summed E-state index contributed by atoms with van der Waals surface area (Å²) in [6.07, 6.45) is 2.80. The van der Waals surface area contributed by atoms with Gasteiger partial charge in [-0.25, -0.2) is 0 Å². The van der Waals surface area contributed by atoms with Crippen molar-refractivity contribution in [1.29, 1.82) is 0 Å². The van der Waals surface area contributed by atoms with Gasteiger partial charge in [0.05, 0.1) is 19.0 Å². The fourth-order valence-electron chi connectivity index (χ4n) is 3.28. The lowest BCUT2D eigenvalue weighted by Crippen LogP contribution is -2.43. The molecule has 30 heavy (non-hydrogen) atoms. The van der Waals surface area contributed by atoms with Gasteiger partial charge in [-0.1, -0.05) is 12.1 Å². The van der Waals surface area contributed by atoms with Gasteiger partial charge in [0, 0.05) is 49.8 Å². The predicted molar refractivity (Wildman–Crippen MR) is 111 cm³/mol. The van der Waals surface area contributed by atoms with Gasteiger partial charge in [0.1, 0.15) is 0 Å². The number of aliphatic carboxylic acids is 1. The minimum absolute atomic E-state index is 0.257. The number of anilines is 1. The summed E-state index contributed by atoms with van der Waals surface area (Å²) in [7, 11) is 0. The lowest BCUT2D eigenvalue weighted by atomic mass is 10.1. The van der Waals surface area contributed by atoms with Crippen LogP contribution in [-0.4, -0.2) is 60.6 Å². The molecule has 0 bridgehead atoms. The van der Waals surface area contributed by atoms with Crippen molar-refractivity contribution in [3.8, 4) is 0 Å². The van der Waals surface area contributed by atoms with Crippen LogP contribution in [0.3, 0.4) is 0 Å². The van der Waals surface area contributed by atoms with Crippen molar-refractivity contribution < 1.29 is 19.5 Å². The number of carbonyl (C=O) groups is 3. The highest BCUT2D eigenvalue weighted by molar-refractivity contribution is 5.97. The minimum Gasteiger partial charge on any atom is -0.481 e. The Hall–Kier alpha value is -3.46. The van der Waals surface area contributed by atoms with E-state index in [1.165, 1.54) is 6.20 Å². The van der Waals surface area contributed by atoms with E-state index in [0.717, 1.165) is 31.9 Å². The summed E-state index contributed by atoms with van der Waals surface area (Å²) in [5.41, 5.74) is 2.02. The number of carboxylic acid groups (broad SMARTS) is 1. The first-order valence-corrected chi connectivity index (χ1v) is 9.78. The summed E-state index contributed by atoms with van der Waals surface area (Å²) in [4.78, 5) is 42.1. The van der Waals surface area contributed by atoms with E-state index >= 15 is 0 Å². The molecule has 9 heteroatoms. The molecule has 3 rings (SSSR count). The molecule has 1 saturated heterocycles. The number of amides is 2. The van der Waals surface area contributed by atoms with Crippen LogP contribution in [0.25, 0.3) is 0 Å². The first kappa shape index (κ1) is 21.3. The molecule has 1 atom stereocenters. The maximum absolute atomic E-state index is 12.5. The fraction of sp³-hybridized carbons (Fsp3) is 0.333. The summed E-state index contributed by atoms with van der Waals surface area (Å²) in [5, 5.41) is 17.6. The van der Waals surface area contributed by atoms with Crippen LogP contribution < -0.4 is 20.9 Å². The Morgan fingerprint density at radius 2 is 1.97 bits per heavy atom. The van der Waals surface area contributed by atoms with Gasteiger partial charge >= 0.3 is 5.97 Å². The topological polar surface area (TPSA) is 124 Å². The first-order chi connectivity index (χ1) is 14.5. The molecule has 0 spiro atoms. The van der Waals surface area contributed by atoms with E-state index in [4.69, 9.17) is 5.11 Å². The molecule has 0 radical (unpaired) electrons. The SMILES string of the molecule is O=C(O)CC(NC(=O)CNC(=O)c1cccc(N2CCNCC2)c1)c1cccnc1. The summed E-state index contributed by atoms with van der Waals surface area (Å²) in [6.45, 7) is 3.27. The molecular formula is C21H25N5O4. The van der Waals surface area contributed by atoms with Crippen LogP contribution in [-0.2, 0) is 9.59 Å². The van der Waals surface area contributed by atoms with Crippen molar-refractivity contribution in [3.63, 3.8) is 0 Å². The quantitative estimate of drug-likeness (QED) is 0.500. The van der Waals surface area contributed by atoms with Crippen molar-refractivity contribution in [2.75, 3.05) is 37.6 Å². The Labute approximate surface area is 174 Å². The fourth-order valence-corrected chi connectivity index (χ4v) is 3.28. The van der Waals surface area contributed by atoms with Crippen molar-refractivity contribution in [2.24, 2.45) is 0 Å². The van der Waals surface area contributed by atoms with Crippen molar-refractivity contribution in [2.45, 2.75) is 12.5 Å². The molecule has 2 aromatic rings. The predicted octanol–water partition coefficient (Wildman–Crippen LogP) is 0.553. The molecule has 1 unspecified atom stereocenters. The number of aromatic nitrogens is 1. The van der Waals surface area contributed by atoms with Crippen LogP contribution >= 0.6 is 0 Å². The molecule has 0 aliphatic carbocycles. The Morgan fingerprint density at radius 1 is 1.17 bits per heavy atom. The number of benzene rings is 1. The lowest BCUT2D eigenvalue weighted by Gasteiger charge is -2.29. The number of carbonyl (C=O) groups excluding carboxylic acids is 2. The van der Waals surface area contributed by atoms with E-state index in [2.05, 4.69) is 25.8 Å². The number of hydrogen-bond acceptors (Lipinski definition) is 6. The van der Waals surface area contributed by atoms with Crippen LogP contribution in [0, 0.1) is 0 Å². The molecule has 0 saturated carbocycles. The molecule has 9 nitrogen and oxygen atoms in total. The molecule has 4 N–H and O–H groups in total. The minimum atomic E-state index is -1.04. The van der Waals surface area contributed by atoms with Gasteiger partial charge in [-0.15, -0.1) is 0 Å². The lowest BCUT2D eigenvalue weighted by molar-refractivity contribution is -0.137. The molecule has 1 aromatic carbocycles. The summed E-state index contributed by atoms with van der Waals surface area (Å²) >= 11 is 0. The van der Waals surface area contributed by atoms with Crippen LogP contribution in [0.15, 0.2) is 48.8 Å². The Kier molecular flexibility index (Phi) is 7.34. The number of rotatable bonds is 8. The monoisotopic (exact) mass is 411 g/mol. The zero-order valence-corrected chi connectivity index (χ0v) is 16.5. The maximum Gasteiger partial charge on any atom is 0.305 e. The Bertz CT molecular complexity index is 884. The van der Waals surface area contributed by atoms with Crippen LogP contribution in [0.2, 0.25) is 0 Å². The molecule has 2 heterocycles. The Morgan fingerprint density at radius 3 is 2.67 bits per heavy atom. The number of carboxylic acids is 1. The van der Waals surface area contributed by atoms with Gasteiger partial charge < -0.3 is 26.0 Å². The zero-order valence-electron chi connectivity index (χ0n) is 16.5. The highest BCUT2D eigenvalue weighted by Gasteiger charge is 2.19. The second-order valence-corrected chi connectivity index (χ2v) is 6.97. The third kappa shape index (κ3) is 6.02. The summed E-state index contributed by atoms with van der Waals surface area (Å²) in [5.74, 6) is -1.88. The molecule has 1 aromatic heterocycles. The van der Waals surface area contributed by atoms with Crippen molar-refractivity contribution in [1.82, 2.24) is 20.9 Å². The third-order valence-corrected chi connectivity index (χ3v) is 4.80. The normalized spacial score (nSPS) is 14.6. The number of nitrogens with zero attached hydrogens (tertiary/aromatic N) is 2. The average Bonchev–Trinajstić information content (AvgIpc) is 2.78. The largest absolute Gasteiger partial charge is 0.481 e. The van der Waals surface area contributed by atoms with Gasteiger partial charge in [-0.2, -0.15) is 0 Å². The second kappa shape index (κ2) is 10.4. The van der Waals surface area contributed by atoms with Crippen molar-refractivity contribution >= 4 is 23.5 Å². The van der Waals surface area contributed by atoms with Gasteiger partial charge in [-0.3, -0.25) is 19.4 Å². The van der Waals surface area contributed by atoms with Gasteiger partial charge in [0.2, 0.25) is 5.91 Å². The second-order valence-electron chi connectivity index (χ2n) is 6.97. The van der Waals surface area contributed by atoms with Gasteiger partial charge in [0.15, 0.2) is 0 Å². The first-order valence-electron chi connectivity index (χ1n) is 9.78. The number of hydrogen-bond donors (Lipinski definition) is 4. The molecular weight excluding hydrogens is 386 g/mol. The summed E-state index contributed by atoms with van der Waals surface area (Å²) < 4.78 is 0. The van der Waals surface area contributed by atoms with Crippen LogP contribution in [0.1, 0.15) is 28.4 Å². The van der Waals surface area contributed by atoms with Gasteiger partial charge in [-0.05, 0) is 29.8 Å². The number of piperazine rings is 1. The molecule has 2 amide bonds. The third-order valence-electron chi connectivity index (χ3n) is 4.80. The number of pyridine rings is 1. The van der Waals surface area contributed by atoms with Gasteiger partial charge in [0.25, 0.3) is 5.91 Å². The highest BCUT2D eigenvalue weighted by atomic mass is 16.4. The van der Waals surface area contributed by atoms with E-state index in [1.807, 2.05) is 12.1 Å². The summed E-state index contributed by atoms with van der Waals surface area (Å²) in [6, 6.07) is 9.92. The maximum atomic E-state index is 12.5. The van der Waals surface area contributed by atoms with E-state index < -0.39 is 17.9 Å². The van der Waals surface area contributed by atoms with E-state index in [1.54, 1.807) is 30.5 Å². The smallest absolute Gasteiger partial charge is 0.305 e. The average molecular weight is 411 g/mol. The van der Waals surface area contributed by atoms with E-state index in [9.17, 15) is 14.4 Å². The molecule has 158 valence electrons. The van der Waals surface area contributed by atoms with Crippen LogP contribution in [0.4, 0.5) is 5.69 Å². The van der Waals surface area contributed by atoms with Crippen LogP contribution in [0.5, 0.6) is 0 Å². The van der Waals surface area contributed by atoms with Crippen molar-refractivity contribution in [3.05, 3.63) is 59.9 Å². The highest BCUT2D eigenvalue weighted by Crippen LogP contribution is 2.17. The standard InChI is InChI=1S/C21H25N5O4/c27-19(25-18(12-20(28)29)16-4-2-6-23-13-16)14-24-21(30)15-3-1-5-17(11-15)26-9-7-22-8-10-26/h1-6,11,13,18,22H,7-10,12,14H2,(H,24,30)(H,25,27)(H,28,29). The molecule has 1 aliphatic heterocycles. The molecule has 1 aliphatic rings. The molecule has 1 fully saturated rings. The Balaban J connectivity index is 1.57. The number of nitrogens with one attached hydrogen (secondary N) is 3. The van der Waals surface area contributed by atoms with E-state index in [0.29, 0.717) is 11.1 Å². The zero-order chi connectivity index (χ0) is 21.3.